The van der Waals surface area contributed by atoms with Crippen molar-refractivity contribution in [2.75, 3.05) is 14.2 Å². The first-order valence-electron chi connectivity index (χ1n) is 8.89. The molecule has 1 amide bonds. The lowest BCUT2D eigenvalue weighted by Crippen LogP contribution is -2.69. The second-order valence-corrected chi connectivity index (χ2v) is 7.82. The SMILES string of the molecule is CNC12CCC(NC(=O)CCc3ccc(Cl)c(F)c3)(CC1)C(OC)C2. The number of fused-ring (bicyclic) bond motifs is 3. The Hall–Kier alpha value is -1.17. The average molecular weight is 369 g/mol. The summed E-state index contributed by atoms with van der Waals surface area (Å²) in [6.45, 7) is 0. The van der Waals surface area contributed by atoms with E-state index in [1.165, 1.54) is 12.1 Å². The highest BCUT2D eigenvalue weighted by Crippen LogP contribution is 2.47. The van der Waals surface area contributed by atoms with Gasteiger partial charge in [0.05, 0.1) is 16.7 Å². The smallest absolute Gasteiger partial charge is 0.220 e. The largest absolute Gasteiger partial charge is 0.379 e. The maximum Gasteiger partial charge on any atom is 0.220 e. The summed E-state index contributed by atoms with van der Waals surface area (Å²) in [6.07, 6.45) is 5.71. The summed E-state index contributed by atoms with van der Waals surface area (Å²) in [6, 6.07) is 4.69. The highest BCUT2D eigenvalue weighted by atomic mass is 35.5. The van der Waals surface area contributed by atoms with Gasteiger partial charge in [-0.15, -0.1) is 0 Å². The van der Waals surface area contributed by atoms with E-state index < -0.39 is 5.82 Å². The highest BCUT2D eigenvalue weighted by Gasteiger charge is 2.54. The van der Waals surface area contributed by atoms with Gasteiger partial charge in [-0.3, -0.25) is 4.79 Å². The Bertz CT molecular complexity index is 644. The van der Waals surface area contributed by atoms with Gasteiger partial charge in [0, 0.05) is 19.1 Å². The third kappa shape index (κ3) is 3.69. The van der Waals surface area contributed by atoms with Crippen molar-refractivity contribution in [2.24, 2.45) is 0 Å². The summed E-state index contributed by atoms with van der Waals surface area (Å²) in [5.74, 6) is -0.447. The van der Waals surface area contributed by atoms with Crippen molar-refractivity contribution in [3.63, 3.8) is 0 Å². The summed E-state index contributed by atoms with van der Waals surface area (Å²) >= 11 is 5.70. The molecule has 3 aliphatic rings. The third-order valence-electron chi connectivity index (χ3n) is 6.12. The molecule has 0 radical (unpaired) electrons. The van der Waals surface area contributed by atoms with Crippen molar-refractivity contribution >= 4 is 17.5 Å². The lowest BCUT2D eigenvalue weighted by Gasteiger charge is -2.57. The molecule has 0 spiro atoms. The molecule has 3 saturated carbocycles. The molecular formula is C19H26ClFN2O2. The Labute approximate surface area is 153 Å². The first-order chi connectivity index (χ1) is 11.9. The van der Waals surface area contributed by atoms with Crippen molar-refractivity contribution in [1.29, 1.82) is 0 Å². The van der Waals surface area contributed by atoms with E-state index in [-0.39, 0.29) is 28.1 Å². The summed E-state index contributed by atoms with van der Waals surface area (Å²) in [5.41, 5.74) is 0.656. The van der Waals surface area contributed by atoms with Gasteiger partial charge in [-0.1, -0.05) is 17.7 Å². The van der Waals surface area contributed by atoms with Gasteiger partial charge in [0.1, 0.15) is 5.82 Å². The van der Waals surface area contributed by atoms with Gasteiger partial charge in [-0.25, -0.2) is 4.39 Å². The molecule has 0 saturated heterocycles. The summed E-state index contributed by atoms with van der Waals surface area (Å²) in [7, 11) is 3.73. The van der Waals surface area contributed by atoms with E-state index in [9.17, 15) is 9.18 Å². The molecule has 0 heterocycles. The van der Waals surface area contributed by atoms with Gasteiger partial charge in [-0.2, -0.15) is 0 Å². The molecule has 4 nitrogen and oxygen atoms in total. The van der Waals surface area contributed by atoms with Crippen LogP contribution in [0, 0.1) is 5.82 Å². The Morgan fingerprint density at radius 2 is 2.08 bits per heavy atom. The zero-order valence-electron chi connectivity index (χ0n) is 14.8. The van der Waals surface area contributed by atoms with E-state index in [1.807, 2.05) is 7.05 Å². The Kier molecular flexibility index (Phi) is 5.37. The minimum Gasteiger partial charge on any atom is -0.379 e. The van der Waals surface area contributed by atoms with E-state index in [0.29, 0.717) is 12.8 Å². The molecule has 3 fully saturated rings. The maximum absolute atomic E-state index is 13.5. The summed E-state index contributed by atoms with van der Waals surface area (Å²) in [5, 5.41) is 6.81. The predicted molar refractivity (Wildman–Crippen MR) is 96.3 cm³/mol. The Morgan fingerprint density at radius 1 is 1.36 bits per heavy atom. The molecule has 2 bridgehead atoms. The van der Waals surface area contributed by atoms with Crippen LogP contribution >= 0.6 is 11.6 Å². The fourth-order valence-electron chi connectivity index (χ4n) is 4.41. The van der Waals surface area contributed by atoms with Crippen molar-refractivity contribution in [3.05, 3.63) is 34.6 Å². The van der Waals surface area contributed by atoms with Crippen LogP contribution in [0.25, 0.3) is 0 Å². The monoisotopic (exact) mass is 368 g/mol. The molecule has 1 aromatic rings. The molecule has 1 unspecified atom stereocenters. The quantitative estimate of drug-likeness (QED) is 0.810. The first kappa shape index (κ1) is 18.6. The molecule has 2 N–H and O–H groups in total. The standard InChI is InChI=1S/C19H26ClFN2O2/c1-22-18-7-9-19(10-8-18,16(12-18)25-2)23-17(24)6-4-13-3-5-14(20)15(21)11-13/h3,5,11,16,22H,4,6-10,12H2,1-2H3,(H,23,24). The number of nitrogens with one attached hydrogen (secondary N) is 2. The lowest BCUT2D eigenvalue weighted by atomic mass is 9.60. The molecule has 3 aliphatic carbocycles. The zero-order chi connectivity index (χ0) is 18.1. The van der Waals surface area contributed by atoms with Gasteiger partial charge in [0.25, 0.3) is 0 Å². The number of rotatable bonds is 6. The van der Waals surface area contributed by atoms with E-state index in [2.05, 4.69) is 10.6 Å². The number of methoxy groups -OCH3 is 1. The van der Waals surface area contributed by atoms with E-state index in [4.69, 9.17) is 16.3 Å². The maximum atomic E-state index is 13.5. The number of benzene rings is 1. The number of ether oxygens (including phenoxy) is 1. The highest BCUT2D eigenvalue weighted by molar-refractivity contribution is 6.30. The van der Waals surface area contributed by atoms with Gasteiger partial charge in [-0.05, 0) is 63.3 Å². The molecular weight excluding hydrogens is 343 g/mol. The van der Waals surface area contributed by atoms with Crippen LogP contribution in [0.3, 0.4) is 0 Å². The van der Waals surface area contributed by atoms with Crippen LogP contribution in [0.2, 0.25) is 5.02 Å². The minimum atomic E-state index is -0.444. The molecule has 25 heavy (non-hydrogen) atoms. The predicted octanol–water partition coefficient (Wildman–Crippen LogP) is 3.22. The molecule has 1 aromatic carbocycles. The number of amides is 1. The molecule has 0 aliphatic heterocycles. The second kappa shape index (κ2) is 7.22. The van der Waals surface area contributed by atoms with E-state index >= 15 is 0 Å². The number of hydrogen-bond donors (Lipinski definition) is 2. The number of aryl methyl sites for hydroxylation is 1. The number of hydrogen-bond acceptors (Lipinski definition) is 3. The zero-order valence-corrected chi connectivity index (χ0v) is 15.6. The Morgan fingerprint density at radius 3 is 2.68 bits per heavy atom. The van der Waals surface area contributed by atoms with E-state index in [0.717, 1.165) is 37.7 Å². The van der Waals surface area contributed by atoms with Crippen LogP contribution < -0.4 is 10.6 Å². The van der Waals surface area contributed by atoms with Crippen LogP contribution in [0.5, 0.6) is 0 Å². The van der Waals surface area contributed by atoms with Crippen molar-refractivity contribution in [3.8, 4) is 0 Å². The molecule has 1 atom stereocenters. The molecule has 138 valence electrons. The number of halogens is 2. The topological polar surface area (TPSA) is 50.4 Å². The van der Waals surface area contributed by atoms with E-state index in [1.54, 1.807) is 13.2 Å². The van der Waals surface area contributed by atoms with Gasteiger partial charge in [0.2, 0.25) is 5.91 Å². The van der Waals surface area contributed by atoms with Gasteiger partial charge >= 0.3 is 0 Å². The van der Waals surface area contributed by atoms with Crippen LogP contribution in [-0.4, -0.2) is 37.2 Å². The normalized spacial score (nSPS) is 31.1. The molecule has 0 aromatic heterocycles. The summed E-state index contributed by atoms with van der Waals surface area (Å²) < 4.78 is 19.2. The number of carbonyl (C=O) groups is 1. The average Bonchev–Trinajstić information content (AvgIpc) is 2.63. The molecule has 6 heteroatoms. The second-order valence-electron chi connectivity index (χ2n) is 7.41. The third-order valence-corrected chi connectivity index (χ3v) is 6.43. The van der Waals surface area contributed by atoms with Gasteiger partial charge in [0.15, 0.2) is 0 Å². The fraction of sp³-hybridized carbons (Fsp3) is 0.632. The van der Waals surface area contributed by atoms with Crippen molar-refractivity contribution in [1.82, 2.24) is 10.6 Å². The van der Waals surface area contributed by atoms with Crippen molar-refractivity contribution < 1.29 is 13.9 Å². The summed E-state index contributed by atoms with van der Waals surface area (Å²) in [4.78, 5) is 12.5. The van der Waals surface area contributed by atoms with Crippen LogP contribution in [0.15, 0.2) is 18.2 Å². The van der Waals surface area contributed by atoms with Crippen LogP contribution in [0.1, 0.15) is 44.1 Å². The Balaban J connectivity index is 1.61. The number of carbonyl (C=O) groups excluding carboxylic acids is 1. The fourth-order valence-corrected chi connectivity index (χ4v) is 4.53. The molecule has 4 rings (SSSR count). The van der Waals surface area contributed by atoms with Crippen LogP contribution in [0.4, 0.5) is 4.39 Å². The van der Waals surface area contributed by atoms with Crippen LogP contribution in [-0.2, 0) is 16.0 Å². The van der Waals surface area contributed by atoms with Gasteiger partial charge < -0.3 is 15.4 Å². The lowest BCUT2D eigenvalue weighted by molar-refractivity contribution is -0.132. The first-order valence-corrected chi connectivity index (χ1v) is 9.26. The van der Waals surface area contributed by atoms with Crippen molar-refractivity contribution in [2.45, 2.75) is 62.1 Å². The minimum absolute atomic E-state index is 0.00346.